The molecule has 1 aromatic heterocycles. The minimum absolute atomic E-state index is 0.108. The first kappa shape index (κ1) is 17.3. The highest BCUT2D eigenvalue weighted by Gasteiger charge is 2.36. The topological polar surface area (TPSA) is 72.4 Å². The molecule has 4 rings (SSSR count). The van der Waals surface area contributed by atoms with E-state index in [4.69, 9.17) is 9.47 Å². The summed E-state index contributed by atoms with van der Waals surface area (Å²) < 4.78 is 12.9. The number of H-pyrrole nitrogens is 1. The van der Waals surface area contributed by atoms with Gasteiger partial charge in [-0.05, 0) is 37.0 Å². The fraction of sp³-hybridized carbons (Fsp3) is 0.579. The number of aromatic amines is 1. The van der Waals surface area contributed by atoms with E-state index in [0.717, 1.165) is 50.5 Å². The zero-order valence-electron chi connectivity index (χ0n) is 15.4. The van der Waals surface area contributed by atoms with Gasteiger partial charge in [0.1, 0.15) is 5.75 Å². The third-order valence-electron chi connectivity index (χ3n) is 5.54. The highest BCUT2D eigenvalue weighted by Crippen LogP contribution is 2.32. The molecule has 2 aromatic rings. The Balaban J connectivity index is 1.50. The van der Waals surface area contributed by atoms with Crippen molar-refractivity contribution in [1.82, 2.24) is 19.7 Å². The largest absolute Gasteiger partial charge is 0.493 e. The molecule has 2 atom stereocenters. The Labute approximate surface area is 152 Å². The van der Waals surface area contributed by atoms with Crippen LogP contribution in [0.3, 0.4) is 0 Å². The van der Waals surface area contributed by atoms with Gasteiger partial charge in [0.2, 0.25) is 0 Å². The van der Waals surface area contributed by atoms with E-state index in [-0.39, 0.29) is 17.8 Å². The second kappa shape index (κ2) is 7.25. The van der Waals surface area contributed by atoms with Crippen LogP contribution in [0.25, 0.3) is 0 Å². The number of benzene rings is 1. The normalized spacial score (nSPS) is 22.5. The molecule has 0 bridgehead atoms. The maximum atomic E-state index is 12.0. The number of likely N-dealkylation sites (tertiary alicyclic amines) is 1. The molecular weight excluding hydrogens is 332 g/mol. The number of nitrogens with zero attached hydrogens (tertiary/aromatic N) is 3. The summed E-state index contributed by atoms with van der Waals surface area (Å²) in [5.74, 6) is 1.84. The van der Waals surface area contributed by atoms with E-state index in [1.54, 1.807) is 11.7 Å². The van der Waals surface area contributed by atoms with Crippen LogP contribution in [0.5, 0.6) is 5.75 Å². The van der Waals surface area contributed by atoms with Gasteiger partial charge in [0, 0.05) is 33.2 Å². The van der Waals surface area contributed by atoms with Gasteiger partial charge < -0.3 is 9.47 Å². The minimum atomic E-state index is -0.137. The molecule has 0 aliphatic carbocycles. The lowest BCUT2D eigenvalue weighted by molar-refractivity contribution is 0.108. The van der Waals surface area contributed by atoms with Crippen LogP contribution in [0.2, 0.25) is 0 Å². The Morgan fingerprint density at radius 3 is 3.12 bits per heavy atom. The smallest absolute Gasteiger partial charge is 0.343 e. The van der Waals surface area contributed by atoms with E-state index < -0.39 is 0 Å². The second-order valence-corrected chi connectivity index (χ2v) is 7.03. The van der Waals surface area contributed by atoms with Crippen molar-refractivity contribution in [2.45, 2.75) is 44.9 Å². The van der Waals surface area contributed by atoms with Crippen molar-refractivity contribution in [3.8, 4) is 5.75 Å². The summed E-state index contributed by atoms with van der Waals surface area (Å²) in [6.45, 7) is 5.16. The highest BCUT2D eigenvalue weighted by atomic mass is 16.5. The molecule has 7 nitrogen and oxygen atoms in total. The number of hydrogen-bond acceptors (Lipinski definition) is 5. The molecule has 7 heteroatoms. The Hall–Kier alpha value is -2.12. The fourth-order valence-corrected chi connectivity index (χ4v) is 4.11. The number of rotatable bonds is 6. The van der Waals surface area contributed by atoms with Crippen molar-refractivity contribution in [1.29, 1.82) is 0 Å². The number of nitrogens with one attached hydrogen (secondary N) is 1. The lowest BCUT2D eigenvalue weighted by atomic mass is 10.1. The van der Waals surface area contributed by atoms with E-state index in [1.165, 1.54) is 11.1 Å². The number of methoxy groups -OCH3 is 1. The quantitative estimate of drug-likeness (QED) is 0.848. The van der Waals surface area contributed by atoms with Gasteiger partial charge in [-0.1, -0.05) is 12.1 Å². The summed E-state index contributed by atoms with van der Waals surface area (Å²) >= 11 is 0. The molecule has 3 heterocycles. The van der Waals surface area contributed by atoms with E-state index in [9.17, 15) is 4.79 Å². The molecule has 1 N–H and O–H groups in total. The predicted molar refractivity (Wildman–Crippen MR) is 97.6 cm³/mol. The van der Waals surface area contributed by atoms with Gasteiger partial charge in [-0.25, -0.2) is 9.89 Å². The van der Waals surface area contributed by atoms with Gasteiger partial charge in [-0.3, -0.25) is 9.47 Å². The number of aromatic nitrogens is 3. The zero-order valence-corrected chi connectivity index (χ0v) is 15.4. The van der Waals surface area contributed by atoms with Crippen molar-refractivity contribution in [3.63, 3.8) is 0 Å². The summed E-state index contributed by atoms with van der Waals surface area (Å²) in [4.78, 5) is 14.3. The Morgan fingerprint density at radius 2 is 2.31 bits per heavy atom. The Morgan fingerprint density at radius 1 is 1.42 bits per heavy atom. The molecular formula is C19H26N4O3. The zero-order chi connectivity index (χ0) is 18.1. The molecule has 2 aliphatic heterocycles. The van der Waals surface area contributed by atoms with Crippen LogP contribution in [-0.4, -0.2) is 52.6 Å². The monoisotopic (exact) mass is 358 g/mol. The van der Waals surface area contributed by atoms with Gasteiger partial charge in [-0.15, -0.1) is 0 Å². The van der Waals surface area contributed by atoms with Gasteiger partial charge in [0.05, 0.1) is 18.8 Å². The van der Waals surface area contributed by atoms with Gasteiger partial charge >= 0.3 is 5.69 Å². The molecule has 1 saturated heterocycles. The Bertz CT molecular complexity index is 828. The van der Waals surface area contributed by atoms with Crippen LogP contribution in [0, 0.1) is 0 Å². The molecule has 1 aromatic carbocycles. The van der Waals surface area contributed by atoms with Crippen LogP contribution >= 0.6 is 0 Å². The van der Waals surface area contributed by atoms with E-state index >= 15 is 0 Å². The summed E-state index contributed by atoms with van der Waals surface area (Å²) in [6, 6.07) is 6.60. The molecule has 0 amide bonds. The summed E-state index contributed by atoms with van der Waals surface area (Å²) in [5, 5.41) is 6.90. The van der Waals surface area contributed by atoms with Crippen molar-refractivity contribution in [2.24, 2.45) is 0 Å². The standard InChI is InChI=1S/C19H26N4O3/c1-3-23-18(20-21-19(23)24)16-11-15(25-2)12-22(16)8-6-13-4-5-17-14(10-13)7-9-26-17/h4-5,10,15-16H,3,6-9,11-12H2,1-2H3,(H,21,24)/t15-,16-/m0/s1. The molecule has 0 spiro atoms. The third kappa shape index (κ3) is 3.17. The first-order valence-corrected chi connectivity index (χ1v) is 9.36. The molecule has 0 saturated carbocycles. The van der Waals surface area contributed by atoms with E-state index in [1.807, 2.05) is 6.92 Å². The lowest BCUT2D eigenvalue weighted by Crippen LogP contribution is -2.30. The number of fused-ring (bicyclic) bond motifs is 1. The van der Waals surface area contributed by atoms with Crippen LogP contribution in [0.1, 0.15) is 36.3 Å². The van der Waals surface area contributed by atoms with Crippen LogP contribution in [0.4, 0.5) is 0 Å². The molecule has 1 fully saturated rings. The first-order valence-electron chi connectivity index (χ1n) is 9.36. The van der Waals surface area contributed by atoms with Gasteiger partial charge in [-0.2, -0.15) is 5.10 Å². The third-order valence-corrected chi connectivity index (χ3v) is 5.54. The molecule has 26 heavy (non-hydrogen) atoms. The highest BCUT2D eigenvalue weighted by molar-refractivity contribution is 5.39. The van der Waals surface area contributed by atoms with E-state index in [0.29, 0.717) is 6.54 Å². The number of ether oxygens (including phenoxy) is 2. The van der Waals surface area contributed by atoms with Gasteiger partial charge in [0.25, 0.3) is 0 Å². The summed E-state index contributed by atoms with van der Waals surface area (Å²) in [7, 11) is 1.75. The SMILES string of the molecule is CCn1c([C@@H]2C[C@H](OC)CN2CCc2ccc3c(c2)CCO3)n[nH]c1=O. The fourth-order valence-electron chi connectivity index (χ4n) is 4.11. The maximum Gasteiger partial charge on any atom is 0.343 e. The maximum absolute atomic E-state index is 12.0. The summed E-state index contributed by atoms with van der Waals surface area (Å²) in [5.41, 5.74) is 2.49. The van der Waals surface area contributed by atoms with Gasteiger partial charge in [0.15, 0.2) is 5.82 Å². The minimum Gasteiger partial charge on any atom is -0.493 e. The molecule has 140 valence electrons. The second-order valence-electron chi connectivity index (χ2n) is 7.03. The Kier molecular flexibility index (Phi) is 4.82. The summed E-state index contributed by atoms with van der Waals surface area (Å²) in [6.07, 6.45) is 2.99. The molecule has 2 aliphatic rings. The van der Waals surface area contributed by atoms with Crippen molar-refractivity contribution in [3.05, 3.63) is 45.6 Å². The number of hydrogen-bond donors (Lipinski definition) is 1. The van der Waals surface area contributed by atoms with Crippen molar-refractivity contribution >= 4 is 0 Å². The lowest BCUT2D eigenvalue weighted by Gasteiger charge is -2.23. The average Bonchev–Trinajstić information content (AvgIpc) is 3.36. The molecule has 0 radical (unpaired) electrons. The van der Waals surface area contributed by atoms with Crippen LogP contribution in [-0.2, 0) is 24.1 Å². The first-order chi connectivity index (χ1) is 12.7. The van der Waals surface area contributed by atoms with Crippen molar-refractivity contribution < 1.29 is 9.47 Å². The van der Waals surface area contributed by atoms with E-state index in [2.05, 4.69) is 33.3 Å². The molecule has 0 unspecified atom stereocenters. The van der Waals surface area contributed by atoms with Crippen LogP contribution in [0.15, 0.2) is 23.0 Å². The van der Waals surface area contributed by atoms with Crippen molar-refractivity contribution in [2.75, 3.05) is 26.8 Å². The average molecular weight is 358 g/mol. The van der Waals surface area contributed by atoms with Crippen LogP contribution < -0.4 is 10.4 Å². The predicted octanol–water partition coefficient (Wildman–Crippen LogP) is 1.53.